The van der Waals surface area contributed by atoms with Crippen LogP contribution in [0.5, 0.6) is 0 Å². The van der Waals surface area contributed by atoms with Crippen LogP contribution < -0.4 is 5.32 Å². The quantitative estimate of drug-likeness (QED) is 0.710. The highest BCUT2D eigenvalue weighted by atomic mass is 19.3. The normalized spacial score (nSPS) is 21.3. The van der Waals surface area contributed by atoms with Gasteiger partial charge >= 0.3 is 6.43 Å². The Morgan fingerprint density at radius 2 is 2.03 bits per heavy atom. The average molecular weight is 411 g/mol. The van der Waals surface area contributed by atoms with Crippen molar-refractivity contribution in [1.29, 1.82) is 0 Å². The Morgan fingerprint density at radius 3 is 2.80 bits per heavy atom. The van der Waals surface area contributed by atoms with Gasteiger partial charge in [-0.25, -0.2) is 0 Å². The number of nitrogens with zero attached hydrogens (tertiary/aromatic N) is 4. The van der Waals surface area contributed by atoms with E-state index < -0.39 is 12.3 Å². The number of halogens is 2. The number of carbonyl (C=O) groups is 1. The standard InChI is InChI=1S/C21H19F2N5O2/c22-18(23)20-27-26-19(30-20)13-8-14-16(25-9-13)11-28(21(14)29)17-6-7-24-10-15(17)12-4-2-1-3-5-12/h1-5,8-9,15,17-18,24H,6-7,10-11H2/t15-,17-/m1/s1. The Morgan fingerprint density at radius 1 is 1.20 bits per heavy atom. The third-order valence-corrected chi connectivity index (χ3v) is 5.73. The molecule has 7 nitrogen and oxygen atoms in total. The number of carbonyl (C=O) groups excluding carboxylic acids is 1. The van der Waals surface area contributed by atoms with E-state index in [1.165, 1.54) is 11.8 Å². The van der Waals surface area contributed by atoms with Crippen LogP contribution in [0, 0.1) is 0 Å². The summed E-state index contributed by atoms with van der Waals surface area (Å²) >= 11 is 0. The molecule has 1 N–H and O–H groups in total. The van der Waals surface area contributed by atoms with E-state index in [2.05, 4.69) is 32.6 Å². The van der Waals surface area contributed by atoms with Gasteiger partial charge in [-0.05, 0) is 24.6 Å². The minimum atomic E-state index is -2.85. The second kappa shape index (κ2) is 7.56. The van der Waals surface area contributed by atoms with Gasteiger partial charge in [0, 0.05) is 24.7 Å². The van der Waals surface area contributed by atoms with Gasteiger partial charge < -0.3 is 14.6 Å². The maximum absolute atomic E-state index is 13.2. The summed E-state index contributed by atoms with van der Waals surface area (Å²) in [5.41, 5.74) is 2.67. The van der Waals surface area contributed by atoms with Gasteiger partial charge in [-0.2, -0.15) is 8.78 Å². The first-order valence-electron chi connectivity index (χ1n) is 9.79. The van der Waals surface area contributed by atoms with Crippen molar-refractivity contribution < 1.29 is 18.0 Å². The van der Waals surface area contributed by atoms with Gasteiger partial charge in [-0.1, -0.05) is 30.3 Å². The maximum atomic E-state index is 13.2. The molecule has 0 aliphatic carbocycles. The average Bonchev–Trinajstić information content (AvgIpc) is 3.40. The fourth-order valence-electron chi connectivity index (χ4n) is 4.27. The Kier molecular flexibility index (Phi) is 4.74. The first kappa shape index (κ1) is 18.8. The predicted molar refractivity (Wildman–Crippen MR) is 103 cm³/mol. The molecule has 2 aliphatic heterocycles. The van der Waals surface area contributed by atoms with E-state index in [4.69, 9.17) is 4.42 Å². The number of hydrogen-bond donors (Lipinski definition) is 1. The molecule has 0 unspecified atom stereocenters. The number of rotatable bonds is 4. The van der Waals surface area contributed by atoms with Crippen molar-refractivity contribution in [2.24, 2.45) is 0 Å². The molecule has 1 saturated heterocycles. The van der Waals surface area contributed by atoms with Crippen molar-refractivity contribution in [2.45, 2.75) is 31.4 Å². The largest absolute Gasteiger partial charge is 0.415 e. The molecule has 1 fully saturated rings. The number of hydrogen-bond acceptors (Lipinski definition) is 6. The van der Waals surface area contributed by atoms with E-state index in [0.717, 1.165) is 19.5 Å². The first-order chi connectivity index (χ1) is 14.6. The van der Waals surface area contributed by atoms with Crippen LogP contribution in [0.4, 0.5) is 8.78 Å². The van der Waals surface area contributed by atoms with E-state index in [-0.39, 0.29) is 23.8 Å². The van der Waals surface area contributed by atoms with Crippen LogP contribution in [-0.2, 0) is 6.54 Å². The lowest BCUT2D eigenvalue weighted by atomic mass is 9.86. The van der Waals surface area contributed by atoms with Crippen molar-refractivity contribution in [3.8, 4) is 11.5 Å². The Balaban J connectivity index is 1.43. The Hall–Kier alpha value is -3.20. The lowest BCUT2D eigenvalue weighted by Gasteiger charge is -2.38. The first-order valence-corrected chi connectivity index (χ1v) is 9.79. The van der Waals surface area contributed by atoms with E-state index >= 15 is 0 Å². The second-order valence-corrected chi connectivity index (χ2v) is 7.47. The zero-order chi connectivity index (χ0) is 20.7. The molecule has 0 radical (unpaired) electrons. The Labute approximate surface area is 171 Å². The molecule has 0 saturated carbocycles. The molecule has 2 aromatic heterocycles. The number of amides is 1. The summed E-state index contributed by atoms with van der Waals surface area (Å²) in [4.78, 5) is 19.5. The van der Waals surface area contributed by atoms with Crippen LogP contribution in [0.25, 0.3) is 11.5 Å². The number of pyridine rings is 1. The zero-order valence-electron chi connectivity index (χ0n) is 16.0. The van der Waals surface area contributed by atoms with Crippen LogP contribution in [0.2, 0.25) is 0 Å². The zero-order valence-corrected chi connectivity index (χ0v) is 16.0. The molecule has 2 atom stereocenters. The van der Waals surface area contributed by atoms with E-state index in [9.17, 15) is 13.6 Å². The van der Waals surface area contributed by atoms with Crippen LogP contribution in [-0.4, -0.2) is 45.1 Å². The number of alkyl halides is 2. The van der Waals surface area contributed by atoms with Gasteiger partial charge in [-0.15, -0.1) is 10.2 Å². The van der Waals surface area contributed by atoms with Crippen LogP contribution >= 0.6 is 0 Å². The van der Waals surface area contributed by atoms with Crippen molar-refractivity contribution in [2.75, 3.05) is 13.1 Å². The summed E-state index contributed by atoms with van der Waals surface area (Å²) < 4.78 is 30.5. The number of piperidine rings is 1. The number of nitrogens with one attached hydrogen (secondary N) is 1. The molecule has 30 heavy (non-hydrogen) atoms. The second-order valence-electron chi connectivity index (χ2n) is 7.47. The van der Waals surface area contributed by atoms with Crippen molar-refractivity contribution in [3.63, 3.8) is 0 Å². The van der Waals surface area contributed by atoms with Gasteiger partial charge in [0.1, 0.15) is 0 Å². The van der Waals surface area contributed by atoms with Gasteiger partial charge in [0.25, 0.3) is 11.8 Å². The smallest absolute Gasteiger partial charge is 0.314 e. The fraction of sp³-hybridized carbons (Fsp3) is 0.333. The monoisotopic (exact) mass is 411 g/mol. The van der Waals surface area contributed by atoms with E-state index in [0.29, 0.717) is 23.4 Å². The van der Waals surface area contributed by atoms with Crippen LogP contribution in [0.3, 0.4) is 0 Å². The van der Waals surface area contributed by atoms with Crippen molar-refractivity contribution >= 4 is 5.91 Å². The van der Waals surface area contributed by atoms with E-state index in [1.54, 1.807) is 6.07 Å². The van der Waals surface area contributed by atoms with Crippen molar-refractivity contribution in [3.05, 3.63) is 65.3 Å². The SMILES string of the molecule is O=C1c2cc(-c3nnc(C(F)F)o3)cnc2CN1[C@@H]1CCNC[C@@H]1c1ccccc1. The lowest BCUT2D eigenvalue weighted by molar-refractivity contribution is 0.0638. The highest BCUT2D eigenvalue weighted by Crippen LogP contribution is 2.34. The summed E-state index contributed by atoms with van der Waals surface area (Å²) in [5, 5.41) is 10.4. The maximum Gasteiger partial charge on any atom is 0.314 e. The summed E-state index contributed by atoms with van der Waals surface area (Å²) in [5.74, 6) is -0.752. The Bertz CT molecular complexity index is 1070. The molecule has 1 amide bonds. The molecule has 1 aromatic carbocycles. The van der Waals surface area contributed by atoms with Gasteiger partial charge in [0.05, 0.1) is 23.4 Å². The summed E-state index contributed by atoms with van der Waals surface area (Å²) in [6, 6.07) is 11.8. The van der Waals surface area contributed by atoms with Crippen molar-refractivity contribution in [1.82, 2.24) is 25.4 Å². The van der Waals surface area contributed by atoms with Crippen LogP contribution in [0.1, 0.15) is 46.3 Å². The lowest BCUT2D eigenvalue weighted by Crippen LogP contribution is -2.48. The summed E-state index contributed by atoms with van der Waals surface area (Å²) in [6.45, 7) is 2.06. The molecule has 5 rings (SSSR count). The summed E-state index contributed by atoms with van der Waals surface area (Å²) in [6.07, 6.45) is -0.524. The highest BCUT2D eigenvalue weighted by Gasteiger charge is 2.39. The molecule has 9 heteroatoms. The number of fused-ring (bicyclic) bond motifs is 1. The third-order valence-electron chi connectivity index (χ3n) is 5.73. The minimum Gasteiger partial charge on any atom is -0.415 e. The molecule has 4 heterocycles. The molecule has 154 valence electrons. The molecular weight excluding hydrogens is 392 g/mol. The third kappa shape index (κ3) is 3.24. The number of benzene rings is 1. The minimum absolute atomic E-state index is 0.0487. The van der Waals surface area contributed by atoms with Gasteiger partial charge in [0.2, 0.25) is 5.89 Å². The van der Waals surface area contributed by atoms with Gasteiger partial charge in [-0.3, -0.25) is 9.78 Å². The topological polar surface area (TPSA) is 84.1 Å². The predicted octanol–water partition coefficient (Wildman–Crippen LogP) is 3.17. The molecule has 2 aliphatic rings. The molecule has 0 spiro atoms. The fourth-order valence-corrected chi connectivity index (χ4v) is 4.27. The van der Waals surface area contributed by atoms with E-state index in [1.807, 2.05) is 23.1 Å². The highest BCUT2D eigenvalue weighted by molar-refractivity contribution is 5.99. The molecule has 0 bridgehead atoms. The van der Waals surface area contributed by atoms with Gasteiger partial charge in [0.15, 0.2) is 0 Å². The summed E-state index contributed by atoms with van der Waals surface area (Å²) in [7, 11) is 0. The molecule has 3 aromatic rings. The van der Waals surface area contributed by atoms with Crippen LogP contribution in [0.15, 0.2) is 47.0 Å². The molecular formula is C21H19F2N5O2. The number of aromatic nitrogens is 3.